The minimum Gasteiger partial charge on any atom is -0.455 e. The first-order valence-electron chi connectivity index (χ1n) is 7.71. The highest BCUT2D eigenvalue weighted by Crippen LogP contribution is 2.41. The van der Waals surface area contributed by atoms with Crippen molar-refractivity contribution in [1.82, 2.24) is 29.6 Å². The Hall–Kier alpha value is -2.55. The van der Waals surface area contributed by atoms with Gasteiger partial charge in [-0.25, -0.2) is 24.6 Å². The van der Waals surface area contributed by atoms with E-state index >= 15 is 0 Å². The number of rotatable bonds is 2. The molecule has 9 nitrogen and oxygen atoms in total. The van der Waals surface area contributed by atoms with Crippen molar-refractivity contribution in [2.75, 3.05) is 31.5 Å². The molecule has 5 heterocycles. The number of piperidine rings is 1. The maximum absolute atomic E-state index is 6.18. The zero-order valence-corrected chi connectivity index (χ0v) is 12.5. The van der Waals surface area contributed by atoms with Gasteiger partial charge in [0.05, 0.1) is 6.54 Å². The van der Waals surface area contributed by atoms with Crippen LogP contribution in [0.2, 0.25) is 0 Å². The van der Waals surface area contributed by atoms with Gasteiger partial charge in [0.1, 0.15) is 30.4 Å². The summed E-state index contributed by atoms with van der Waals surface area (Å²) in [6.45, 7) is 4.01. The molecule has 2 bridgehead atoms. The van der Waals surface area contributed by atoms with Crippen LogP contribution in [0.5, 0.6) is 0 Å². The van der Waals surface area contributed by atoms with Crippen molar-refractivity contribution in [2.24, 2.45) is 10.9 Å². The van der Waals surface area contributed by atoms with Gasteiger partial charge in [0.15, 0.2) is 5.82 Å². The predicted molar refractivity (Wildman–Crippen MR) is 81.2 cm³/mol. The van der Waals surface area contributed by atoms with Crippen LogP contribution in [0.25, 0.3) is 5.82 Å². The van der Waals surface area contributed by atoms with Crippen LogP contribution < -0.4 is 5.32 Å². The molecular formula is C14H16N8O. The smallest absolute Gasteiger partial charge is 0.291 e. The molecule has 3 aliphatic heterocycles. The predicted octanol–water partition coefficient (Wildman–Crippen LogP) is -0.0703. The molecule has 2 aromatic rings. The topological polar surface area (TPSA) is 93.3 Å². The molecule has 118 valence electrons. The summed E-state index contributed by atoms with van der Waals surface area (Å²) < 4.78 is 7.76. The third-order valence-corrected chi connectivity index (χ3v) is 4.84. The zero-order valence-electron chi connectivity index (χ0n) is 12.5. The maximum Gasteiger partial charge on any atom is 0.291 e. The molecule has 2 saturated heterocycles. The van der Waals surface area contributed by atoms with Crippen molar-refractivity contribution in [3.05, 3.63) is 25.0 Å². The number of aromatic nitrogens is 5. The van der Waals surface area contributed by atoms with E-state index in [2.05, 4.69) is 35.3 Å². The van der Waals surface area contributed by atoms with E-state index in [0.717, 1.165) is 19.6 Å². The van der Waals surface area contributed by atoms with Gasteiger partial charge in [-0.3, -0.25) is 10.2 Å². The van der Waals surface area contributed by atoms with Crippen molar-refractivity contribution in [1.29, 1.82) is 0 Å². The molecule has 3 aliphatic rings. The standard InChI is InChI=1S/C14H16N8O/c1-2-21-4-10(1)14(6-21)5-16-13(23-14)20-11-3-12(18-8-17-11)22-9-15-7-19-22/h3,7-10H,1-2,4-6H2,(H,16,17,18,20). The molecule has 0 radical (unpaired) electrons. The van der Waals surface area contributed by atoms with Crippen molar-refractivity contribution in [3.8, 4) is 5.82 Å². The number of hydrogen-bond donors (Lipinski definition) is 1. The maximum atomic E-state index is 6.18. The van der Waals surface area contributed by atoms with E-state index in [1.165, 1.54) is 25.6 Å². The number of nitrogens with zero attached hydrogens (tertiary/aromatic N) is 7. The molecule has 3 atom stereocenters. The van der Waals surface area contributed by atoms with Crippen LogP contribution in [0.15, 0.2) is 30.0 Å². The quantitative estimate of drug-likeness (QED) is 0.829. The molecule has 1 N–H and O–H groups in total. The molecule has 1 spiro atoms. The van der Waals surface area contributed by atoms with Crippen molar-refractivity contribution < 1.29 is 4.74 Å². The summed E-state index contributed by atoms with van der Waals surface area (Å²) in [5.74, 6) is 1.85. The molecule has 0 aromatic carbocycles. The molecule has 0 saturated carbocycles. The lowest BCUT2D eigenvalue weighted by molar-refractivity contribution is 0.0364. The minimum absolute atomic E-state index is 0.137. The fraction of sp³-hybridized carbons (Fsp3) is 0.500. The van der Waals surface area contributed by atoms with Gasteiger partial charge in [-0.15, -0.1) is 0 Å². The van der Waals surface area contributed by atoms with Gasteiger partial charge in [0, 0.05) is 25.1 Å². The van der Waals surface area contributed by atoms with Gasteiger partial charge < -0.3 is 4.74 Å². The van der Waals surface area contributed by atoms with Gasteiger partial charge in [-0.1, -0.05) is 0 Å². The van der Waals surface area contributed by atoms with Crippen LogP contribution in [-0.4, -0.2) is 67.4 Å². The lowest BCUT2D eigenvalue weighted by Gasteiger charge is -2.32. The molecule has 0 aliphatic carbocycles. The van der Waals surface area contributed by atoms with E-state index in [0.29, 0.717) is 23.6 Å². The normalized spacial score (nSPS) is 31.4. The second kappa shape index (κ2) is 4.72. The third kappa shape index (κ3) is 2.07. The van der Waals surface area contributed by atoms with E-state index in [1.807, 2.05) is 0 Å². The highest BCUT2D eigenvalue weighted by Gasteiger charge is 2.54. The monoisotopic (exact) mass is 312 g/mol. The van der Waals surface area contributed by atoms with Crippen LogP contribution in [0.4, 0.5) is 5.82 Å². The minimum atomic E-state index is -0.137. The Morgan fingerprint density at radius 2 is 2.30 bits per heavy atom. The number of aliphatic imine (C=N–C) groups is 1. The average molecular weight is 312 g/mol. The van der Waals surface area contributed by atoms with Crippen LogP contribution in [0, 0.1) is 5.92 Å². The Morgan fingerprint density at radius 3 is 3.09 bits per heavy atom. The van der Waals surface area contributed by atoms with Gasteiger partial charge in [0.25, 0.3) is 6.02 Å². The molecule has 2 fully saturated rings. The van der Waals surface area contributed by atoms with Crippen LogP contribution in [-0.2, 0) is 4.74 Å². The lowest BCUT2D eigenvalue weighted by atomic mass is 9.88. The second-order valence-electron chi connectivity index (χ2n) is 6.24. The molecule has 9 heteroatoms. The van der Waals surface area contributed by atoms with E-state index < -0.39 is 0 Å². The van der Waals surface area contributed by atoms with Gasteiger partial charge >= 0.3 is 0 Å². The third-order valence-electron chi connectivity index (χ3n) is 4.84. The molecule has 0 amide bonds. The first kappa shape index (κ1) is 12.9. The second-order valence-corrected chi connectivity index (χ2v) is 6.24. The Morgan fingerprint density at radius 1 is 1.30 bits per heavy atom. The Balaban J connectivity index is 1.32. The number of nitrogens with one attached hydrogen (secondary N) is 1. The summed E-state index contributed by atoms with van der Waals surface area (Å²) >= 11 is 0. The highest BCUT2D eigenvalue weighted by atomic mass is 16.5. The van der Waals surface area contributed by atoms with Crippen molar-refractivity contribution in [3.63, 3.8) is 0 Å². The Labute approximate surface area is 132 Å². The van der Waals surface area contributed by atoms with Crippen LogP contribution >= 0.6 is 0 Å². The van der Waals surface area contributed by atoms with Gasteiger partial charge in [-0.2, -0.15) is 5.10 Å². The Kier molecular flexibility index (Phi) is 2.66. The first-order chi connectivity index (χ1) is 11.3. The molecular weight excluding hydrogens is 296 g/mol. The molecule has 2 aromatic heterocycles. The summed E-state index contributed by atoms with van der Waals surface area (Å²) in [5.41, 5.74) is -0.137. The highest BCUT2D eigenvalue weighted by molar-refractivity contribution is 5.89. The summed E-state index contributed by atoms with van der Waals surface area (Å²) in [6, 6.07) is 2.33. The van der Waals surface area contributed by atoms with E-state index in [1.54, 1.807) is 17.1 Å². The molecule has 5 rings (SSSR count). The van der Waals surface area contributed by atoms with E-state index in [4.69, 9.17) is 4.74 Å². The largest absolute Gasteiger partial charge is 0.455 e. The summed E-state index contributed by atoms with van der Waals surface area (Å²) in [5, 5.41) is 7.21. The Bertz CT molecular complexity index is 760. The van der Waals surface area contributed by atoms with Gasteiger partial charge in [-0.05, 0) is 13.0 Å². The van der Waals surface area contributed by atoms with E-state index in [-0.39, 0.29) is 5.60 Å². The number of amidine groups is 1. The summed E-state index contributed by atoms with van der Waals surface area (Å²) in [6.07, 6.45) is 5.74. The molecule has 3 unspecified atom stereocenters. The lowest BCUT2D eigenvalue weighted by Crippen LogP contribution is -2.46. The number of fused-ring (bicyclic) bond motifs is 3. The van der Waals surface area contributed by atoms with Crippen molar-refractivity contribution in [2.45, 2.75) is 12.0 Å². The number of anilines is 1. The van der Waals surface area contributed by atoms with Crippen LogP contribution in [0.1, 0.15) is 6.42 Å². The van der Waals surface area contributed by atoms with Crippen LogP contribution in [0.3, 0.4) is 0 Å². The number of hydrogen-bond acceptors (Lipinski definition) is 8. The van der Waals surface area contributed by atoms with Gasteiger partial charge in [0.2, 0.25) is 0 Å². The van der Waals surface area contributed by atoms with Crippen molar-refractivity contribution >= 4 is 11.8 Å². The van der Waals surface area contributed by atoms with E-state index in [9.17, 15) is 0 Å². The average Bonchev–Trinajstić information content (AvgIpc) is 3.32. The SMILES string of the molecule is c1nc(NC2=NCC3(CN4CCC3C4)O2)cc(-n2cncn2)n1. The summed E-state index contributed by atoms with van der Waals surface area (Å²) in [7, 11) is 0. The summed E-state index contributed by atoms with van der Waals surface area (Å²) in [4.78, 5) is 19.3. The number of ether oxygens (including phenoxy) is 1. The fourth-order valence-corrected chi connectivity index (χ4v) is 3.71. The zero-order chi connectivity index (χ0) is 15.3. The molecule has 23 heavy (non-hydrogen) atoms. The fourth-order valence-electron chi connectivity index (χ4n) is 3.71. The first-order valence-corrected chi connectivity index (χ1v) is 7.71.